The van der Waals surface area contributed by atoms with Crippen LogP contribution in [-0.2, 0) is 4.57 Å². The SMILES string of the molecule is Cc1ccc2cc3ccccc3cc2c1P(=O)(O)O. The van der Waals surface area contributed by atoms with Crippen LogP contribution in [0.15, 0.2) is 48.5 Å². The third-order valence-corrected chi connectivity index (χ3v) is 4.53. The summed E-state index contributed by atoms with van der Waals surface area (Å²) < 4.78 is 11.7. The highest BCUT2D eigenvalue weighted by Crippen LogP contribution is 2.38. The Morgan fingerprint density at radius 1 is 0.895 bits per heavy atom. The third-order valence-electron chi connectivity index (χ3n) is 3.35. The van der Waals surface area contributed by atoms with Gasteiger partial charge in [0.2, 0.25) is 0 Å². The van der Waals surface area contributed by atoms with Gasteiger partial charge in [-0.3, -0.25) is 4.57 Å². The average molecular weight is 272 g/mol. The minimum atomic E-state index is -4.28. The van der Waals surface area contributed by atoms with E-state index >= 15 is 0 Å². The average Bonchev–Trinajstić information content (AvgIpc) is 2.34. The van der Waals surface area contributed by atoms with E-state index in [2.05, 4.69) is 0 Å². The van der Waals surface area contributed by atoms with Crippen LogP contribution in [0.3, 0.4) is 0 Å². The van der Waals surface area contributed by atoms with Gasteiger partial charge in [0, 0.05) is 0 Å². The maximum atomic E-state index is 11.7. The molecule has 0 saturated heterocycles. The molecule has 0 aliphatic rings. The lowest BCUT2D eigenvalue weighted by Crippen LogP contribution is -2.09. The largest absolute Gasteiger partial charge is 0.357 e. The Kier molecular flexibility index (Phi) is 2.72. The van der Waals surface area contributed by atoms with Crippen molar-refractivity contribution in [3.8, 4) is 0 Å². The molecular weight excluding hydrogens is 259 g/mol. The molecular formula is C15H13O3P. The van der Waals surface area contributed by atoms with Crippen LogP contribution >= 0.6 is 7.60 Å². The third kappa shape index (κ3) is 2.06. The number of benzene rings is 3. The summed E-state index contributed by atoms with van der Waals surface area (Å²) >= 11 is 0. The van der Waals surface area contributed by atoms with E-state index in [4.69, 9.17) is 0 Å². The maximum absolute atomic E-state index is 11.7. The Bertz CT molecular complexity index is 833. The van der Waals surface area contributed by atoms with Crippen LogP contribution in [0.4, 0.5) is 0 Å². The van der Waals surface area contributed by atoms with Crippen molar-refractivity contribution in [1.82, 2.24) is 0 Å². The van der Waals surface area contributed by atoms with Crippen LogP contribution in [-0.4, -0.2) is 9.79 Å². The van der Waals surface area contributed by atoms with Gasteiger partial charge < -0.3 is 9.79 Å². The zero-order valence-electron chi connectivity index (χ0n) is 10.4. The molecule has 0 atom stereocenters. The van der Waals surface area contributed by atoms with E-state index in [-0.39, 0.29) is 5.30 Å². The minimum Gasteiger partial charge on any atom is -0.321 e. The minimum absolute atomic E-state index is 0.135. The summed E-state index contributed by atoms with van der Waals surface area (Å²) in [6, 6.07) is 15.3. The Labute approximate surface area is 110 Å². The molecule has 3 nitrogen and oxygen atoms in total. The van der Waals surface area contributed by atoms with E-state index in [1.54, 1.807) is 13.0 Å². The Balaban J connectivity index is 2.51. The first-order valence-electron chi connectivity index (χ1n) is 5.95. The van der Waals surface area contributed by atoms with E-state index in [0.29, 0.717) is 10.9 Å². The van der Waals surface area contributed by atoms with Gasteiger partial charge in [-0.15, -0.1) is 0 Å². The Hall–Kier alpha value is -1.67. The summed E-state index contributed by atoms with van der Waals surface area (Å²) in [4.78, 5) is 19.1. The van der Waals surface area contributed by atoms with Crippen LogP contribution in [0, 0.1) is 6.92 Å². The predicted octanol–water partition coefficient (Wildman–Crippen LogP) is 3.10. The summed E-state index contributed by atoms with van der Waals surface area (Å²) in [6.07, 6.45) is 0. The molecule has 0 aromatic heterocycles. The summed E-state index contributed by atoms with van der Waals surface area (Å²) in [5.41, 5.74) is 0.621. The zero-order valence-corrected chi connectivity index (χ0v) is 11.3. The summed E-state index contributed by atoms with van der Waals surface area (Å²) in [5.74, 6) is 0. The molecule has 0 amide bonds. The fourth-order valence-electron chi connectivity index (χ4n) is 2.49. The number of rotatable bonds is 1. The first-order valence-corrected chi connectivity index (χ1v) is 7.56. The molecule has 3 rings (SSSR count). The number of aryl methyl sites for hydroxylation is 1. The van der Waals surface area contributed by atoms with Gasteiger partial charge >= 0.3 is 7.60 Å². The first-order chi connectivity index (χ1) is 8.97. The molecule has 0 spiro atoms. The smallest absolute Gasteiger partial charge is 0.321 e. The zero-order chi connectivity index (χ0) is 13.6. The van der Waals surface area contributed by atoms with Gasteiger partial charge in [0.15, 0.2) is 0 Å². The summed E-state index contributed by atoms with van der Waals surface area (Å²) in [7, 11) is -4.28. The maximum Gasteiger partial charge on any atom is 0.357 e. The van der Waals surface area contributed by atoms with Crippen LogP contribution < -0.4 is 5.30 Å². The van der Waals surface area contributed by atoms with Crippen LogP contribution in [0.2, 0.25) is 0 Å². The van der Waals surface area contributed by atoms with Gasteiger partial charge in [-0.2, -0.15) is 0 Å². The second-order valence-electron chi connectivity index (χ2n) is 4.70. The lowest BCUT2D eigenvalue weighted by molar-refractivity contribution is 0.387. The van der Waals surface area contributed by atoms with Gasteiger partial charge in [-0.25, -0.2) is 0 Å². The second-order valence-corrected chi connectivity index (χ2v) is 6.23. The topological polar surface area (TPSA) is 57.5 Å². The highest BCUT2D eigenvalue weighted by Gasteiger charge is 2.22. The highest BCUT2D eigenvalue weighted by atomic mass is 31.2. The second kappa shape index (κ2) is 4.17. The predicted molar refractivity (Wildman–Crippen MR) is 77.9 cm³/mol. The van der Waals surface area contributed by atoms with Crippen molar-refractivity contribution in [1.29, 1.82) is 0 Å². The molecule has 0 bridgehead atoms. The standard InChI is InChI=1S/C15H13O3P/c1-10-6-7-13-8-11-4-2-3-5-12(11)9-14(13)15(10)19(16,17)18/h2-9H,1H3,(H2,16,17,18). The molecule has 96 valence electrons. The van der Waals surface area contributed by atoms with Gasteiger partial charge in [-0.05, 0) is 46.2 Å². The van der Waals surface area contributed by atoms with E-state index in [1.807, 2.05) is 42.5 Å². The molecule has 3 aromatic carbocycles. The molecule has 0 fully saturated rings. The molecule has 0 aliphatic heterocycles. The molecule has 0 radical (unpaired) electrons. The summed E-state index contributed by atoms with van der Waals surface area (Å²) in [6.45, 7) is 1.73. The fraction of sp³-hybridized carbons (Fsp3) is 0.0667. The number of fused-ring (bicyclic) bond motifs is 2. The molecule has 0 heterocycles. The molecule has 19 heavy (non-hydrogen) atoms. The van der Waals surface area contributed by atoms with Crippen LogP contribution in [0.25, 0.3) is 21.5 Å². The molecule has 0 unspecified atom stereocenters. The molecule has 2 N–H and O–H groups in total. The van der Waals surface area contributed by atoms with Crippen molar-refractivity contribution < 1.29 is 14.4 Å². The first kappa shape index (κ1) is 12.4. The molecule has 0 aliphatic carbocycles. The molecule has 4 heteroatoms. The van der Waals surface area contributed by atoms with Crippen LogP contribution in [0.5, 0.6) is 0 Å². The molecule has 3 aromatic rings. The van der Waals surface area contributed by atoms with Gasteiger partial charge in [0.1, 0.15) is 0 Å². The van der Waals surface area contributed by atoms with Crippen molar-refractivity contribution in [3.63, 3.8) is 0 Å². The van der Waals surface area contributed by atoms with Gasteiger partial charge in [0.25, 0.3) is 0 Å². The van der Waals surface area contributed by atoms with E-state index < -0.39 is 7.60 Å². The summed E-state index contributed by atoms with van der Waals surface area (Å²) in [5, 5.41) is 3.66. The Morgan fingerprint density at radius 2 is 1.53 bits per heavy atom. The van der Waals surface area contributed by atoms with Crippen molar-refractivity contribution in [2.75, 3.05) is 0 Å². The monoisotopic (exact) mass is 272 g/mol. The van der Waals surface area contributed by atoms with Gasteiger partial charge in [0.05, 0.1) is 5.30 Å². The van der Waals surface area contributed by atoms with Gasteiger partial charge in [-0.1, -0.05) is 36.4 Å². The number of hydrogen-bond acceptors (Lipinski definition) is 1. The van der Waals surface area contributed by atoms with E-state index in [1.165, 1.54) is 0 Å². The lowest BCUT2D eigenvalue weighted by Gasteiger charge is -2.12. The fourth-order valence-corrected chi connectivity index (χ4v) is 3.54. The van der Waals surface area contributed by atoms with Crippen molar-refractivity contribution >= 4 is 34.4 Å². The number of hydrogen-bond donors (Lipinski definition) is 2. The molecule has 0 saturated carbocycles. The normalized spacial score (nSPS) is 12.2. The highest BCUT2D eigenvalue weighted by molar-refractivity contribution is 7.61. The van der Waals surface area contributed by atoms with Crippen molar-refractivity contribution in [3.05, 3.63) is 54.1 Å². The van der Waals surface area contributed by atoms with Crippen molar-refractivity contribution in [2.24, 2.45) is 0 Å². The lowest BCUT2D eigenvalue weighted by atomic mass is 10.0. The Morgan fingerprint density at radius 3 is 2.16 bits per heavy atom. The van der Waals surface area contributed by atoms with E-state index in [0.717, 1.165) is 16.2 Å². The van der Waals surface area contributed by atoms with E-state index in [9.17, 15) is 14.4 Å². The van der Waals surface area contributed by atoms with Crippen molar-refractivity contribution in [2.45, 2.75) is 6.92 Å². The quantitative estimate of drug-likeness (QED) is 0.528. The van der Waals surface area contributed by atoms with Crippen LogP contribution in [0.1, 0.15) is 5.56 Å².